The molecule has 0 aromatic heterocycles. The van der Waals surface area contributed by atoms with E-state index >= 15 is 0 Å². The van der Waals surface area contributed by atoms with E-state index in [4.69, 9.17) is 23.2 Å². The molecule has 2 aromatic carbocycles. The Bertz CT molecular complexity index is 651. The lowest BCUT2D eigenvalue weighted by molar-refractivity contribution is 0.104. The Kier molecular flexibility index (Phi) is 4.83. The van der Waals surface area contributed by atoms with Gasteiger partial charge in [-0.15, -0.1) is 0 Å². The molecule has 2 nitrogen and oxygen atoms in total. The minimum Gasteiger partial charge on any atom is -0.359 e. The third-order valence-electron chi connectivity index (χ3n) is 2.67. The highest BCUT2D eigenvalue weighted by Crippen LogP contribution is 2.25. The second-order valence-electron chi connectivity index (χ2n) is 4.31. The van der Waals surface area contributed by atoms with Crippen LogP contribution in [0.5, 0.6) is 0 Å². The topological polar surface area (TPSA) is 29.1 Å². The van der Waals surface area contributed by atoms with Crippen molar-refractivity contribution in [2.24, 2.45) is 0 Å². The molecule has 102 valence electrons. The molecule has 4 heteroatoms. The van der Waals surface area contributed by atoms with Crippen LogP contribution >= 0.6 is 23.2 Å². The van der Waals surface area contributed by atoms with Gasteiger partial charge in [-0.2, -0.15) is 0 Å². The summed E-state index contributed by atoms with van der Waals surface area (Å²) in [5.41, 5.74) is 2.18. The average Bonchev–Trinajstić information content (AvgIpc) is 2.44. The van der Waals surface area contributed by atoms with Gasteiger partial charge in [0.2, 0.25) is 0 Å². The van der Waals surface area contributed by atoms with E-state index in [1.807, 2.05) is 25.1 Å². The lowest BCUT2D eigenvalue weighted by Gasteiger charge is -2.07. The number of carbonyl (C=O) groups excluding carboxylic acids is 1. The number of anilines is 1. The number of halogens is 2. The first-order valence-electron chi connectivity index (χ1n) is 6.06. The summed E-state index contributed by atoms with van der Waals surface area (Å²) >= 11 is 11.8. The van der Waals surface area contributed by atoms with Crippen molar-refractivity contribution in [2.75, 3.05) is 5.32 Å². The van der Waals surface area contributed by atoms with E-state index in [2.05, 4.69) is 5.32 Å². The van der Waals surface area contributed by atoms with Gasteiger partial charge >= 0.3 is 0 Å². The number of allylic oxidation sites excluding steroid dienone is 2. The number of nitrogens with one attached hydrogen (secondary N) is 1. The number of benzene rings is 2. The number of hydrogen-bond donors (Lipinski definition) is 1. The van der Waals surface area contributed by atoms with Crippen molar-refractivity contribution in [1.82, 2.24) is 0 Å². The Balaban J connectivity index is 2.11. The van der Waals surface area contributed by atoms with Crippen molar-refractivity contribution in [1.29, 1.82) is 0 Å². The van der Waals surface area contributed by atoms with E-state index in [1.54, 1.807) is 36.4 Å². The third kappa shape index (κ3) is 3.86. The molecule has 0 heterocycles. The fourth-order valence-corrected chi connectivity index (χ4v) is 2.02. The molecule has 0 saturated carbocycles. The van der Waals surface area contributed by atoms with E-state index in [0.717, 1.165) is 11.4 Å². The maximum absolute atomic E-state index is 12.0. The summed E-state index contributed by atoms with van der Waals surface area (Å²) in [6.07, 6.45) is 1.55. The summed E-state index contributed by atoms with van der Waals surface area (Å²) in [4.78, 5) is 12.0. The summed E-state index contributed by atoms with van der Waals surface area (Å²) < 4.78 is 0. The normalized spacial score (nSPS) is 11.2. The molecule has 0 aliphatic heterocycles. The minimum atomic E-state index is -0.0457. The zero-order chi connectivity index (χ0) is 14.5. The number of hydrogen-bond acceptors (Lipinski definition) is 2. The molecule has 0 unspecified atom stereocenters. The van der Waals surface area contributed by atoms with Crippen LogP contribution in [0.2, 0.25) is 10.0 Å². The van der Waals surface area contributed by atoms with Gasteiger partial charge < -0.3 is 5.32 Å². The van der Waals surface area contributed by atoms with Gasteiger partial charge in [-0.25, -0.2) is 0 Å². The van der Waals surface area contributed by atoms with Crippen molar-refractivity contribution in [3.63, 3.8) is 0 Å². The lowest BCUT2D eigenvalue weighted by Crippen LogP contribution is -2.01. The van der Waals surface area contributed by atoms with Crippen LogP contribution in [0.3, 0.4) is 0 Å². The zero-order valence-electron chi connectivity index (χ0n) is 10.9. The maximum Gasteiger partial charge on any atom is 0.187 e. The predicted molar refractivity (Wildman–Crippen MR) is 84.6 cm³/mol. The molecule has 2 aromatic rings. The highest BCUT2D eigenvalue weighted by Gasteiger charge is 2.03. The van der Waals surface area contributed by atoms with Crippen molar-refractivity contribution >= 4 is 34.7 Å². The molecule has 0 atom stereocenters. The van der Waals surface area contributed by atoms with Gasteiger partial charge in [-0.3, -0.25) is 4.79 Å². The Hall–Kier alpha value is -1.77. The van der Waals surface area contributed by atoms with E-state index in [0.29, 0.717) is 15.6 Å². The fourth-order valence-electron chi connectivity index (χ4n) is 1.72. The Morgan fingerprint density at radius 1 is 1.05 bits per heavy atom. The van der Waals surface area contributed by atoms with E-state index < -0.39 is 0 Å². The molecule has 0 aliphatic rings. The third-order valence-corrected chi connectivity index (χ3v) is 3.41. The summed E-state index contributed by atoms with van der Waals surface area (Å²) in [6, 6.07) is 14.3. The summed E-state index contributed by atoms with van der Waals surface area (Å²) in [7, 11) is 0. The summed E-state index contributed by atoms with van der Waals surface area (Å²) in [5, 5.41) is 4.08. The Morgan fingerprint density at radius 3 is 2.40 bits per heavy atom. The largest absolute Gasteiger partial charge is 0.359 e. The van der Waals surface area contributed by atoms with Gasteiger partial charge in [0.1, 0.15) is 0 Å². The molecule has 20 heavy (non-hydrogen) atoms. The van der Waals surface area contributed by atoms with Crippen molar-refractivity contribution in [3.05, 3.63) is 75.9 Å². The van der Waals surface area contributed by atoms with Crippen molar-refractivity contribution in [2.45, 2.75) is 6.92 Å². The van der Waals surface area contributed by atoms with Gasteiger partial charge in [0.25, 0.3) is 0 Å². The standard InChI is InChI=1S/C16H13Cl2NO/c1-11(9-16(20)12-5-3-2-4-6-12)19-13-7-8-14(17)15(18)10-13/h2-10,19H,1H3. The monoisotopic (exact) mass is 305 g/mol. The highest BCUT2D eigenvalue weighted by atomic mass is 35.5. The fraction of sp³-hybridized carbons (Fsp3) is 0.0625. The first kappa shape index (κ1) is 14.6. The molecule has 1 N–H and O–H groups in total. The van der Waals surface area contributed by atoms with Crippen LogP contribution in [0.1, 0.15) is 17.3 Å². The van der Waals surface area contributed by atoms with Crippen LogP contribution < -0.4 is 5.32 Å². The predicted octanol–water partition coefficient (Wildman–Crippen LogP) is 5.19. The van der Waals surface area contributed by atoms with Crippen LogP contribution in [-0.2, 0) is 0 Å². The molecule has 0 aliphatic carbocycles. The average molecular weight is 306 g/mol. The van der Waals surface area contributed by atoms with Crippen molar-refractivity contribution in [3.8, 4) is 0 Å². The van der Waals surface area contributed by atoms with Gasteiger partial charge in [0, 0.05) is 23.0 Å². The van der Waals surface area contributed by atoms with Crippen molar-refractivity contribution < 1.29 is 4.79 Å². The second kappa shape index (κ2) is 6.60. The molecular weight excluding hydrogens is 293 g/mol. The molecule has 0 fully saturated rings. The van der Waals surface area contributed by atoms with E-state index in [9.17, 15) is 4.79 Å². The van der Waals surface area contributed by atoms with Crippen LogP contribution in [0, 0.1) is 0 Å². The van der Waals surface area contributed by atoms with E-state index in [1.165, 1.54) is 0 Å². The number of carbonyl (C=O) groups is 1. The minimum absolute atomic E-state index is 0.0457. The highest BCUT2D eigenvalue weighted by molar-refractivity contribution is 6.42. The van der Waals surface area contributed by atoms with Gasteiger partial charge in [0.15, 0.2) is 5.78 Å². The Morgan fingerprint density at radius 2 is 1.75 bits per heavy atom. The molecular formula is C16H13Cl2NO. The first-order chi connectivity index (χ1) is 9.56. The molecule has 0 bridgehead atoms. The lowest BCUT2D eigenvalue weighted by atomic mass is 10.1. The first-order valence-corrected chi connectivity index (χ1v) is 6.81. The molecule has 2 rings (SSSR count). The number of rotatable bonds is 4. The smallest absolute Gasteiger partial charge is 0.187 e. The summed E-state index contributed by atoms with van der Waals surface area (Å²) in [6.45, 7) is 1.82. The van der Waals surface area contributed by atoms with Gasteiger partial charge in [0.05, 0.1) is 10.0 Å². The molecule has 0 amide bonds. The second-order valence-corrected chi connectivity index (χ2v) is 5.13. The van der Waals surface area contributed by atoms with Crippen LogP contribution in [0.15, 0.2) is 60.3 Å². The van der Waals surface area contributed by atoms with Gasteiger partial charge in [-0.05, 0) is 25.1 Å². The molecule has 0 radical (unpaired) electrons. The van der Waals surface area contributed by atoms with Crippen LogP contribution in [0.4, 0.5) is 5.69 Å². The van der Waals surface area contributed by atoms with E-state index in [-0.39, 0.29) is 5.78 Å². The summed E-state index contributed by atoms with van der Waals surface area (Å²) in [5.74, 6) is -0.0457. The van der Waals surface area contributed by atoms with Crippen LogP contribution in [0.25, 0.3) is 0 Å². The number of ketones is 1. The van der Waals surface area contributed by atoms with Gasteiger partial charge in [-0.1, -0.05) is 53.5 Å². The Labute approximate surface area is 128 Å². The SMILES string of the molecule is CC(=CC(=O)c1ccccc1)Nc1ccc(Cl)c(Cl)c1. The molecule has 0 saturated heterocycles. The molecule has 0 spiro atoms. The zero-order valence-corrected chi connectivity index (χ0v) is 12.4. The quantitative estimate of drug-likeness (QED) is 0.622. The maximum atomic E-state index is 12.0. The van der Waals surface area contributed by atoms with Crippen LogP contribution in [-0.4, -0.2) is 5.78 Å².